The van der Waals surface area contributed by atoms with Crippen LogP contribution in [0.15, 0.2) is 59.1 Å². The van der Waals surface area contributed by atoms with Crippen LogP contribution in [0.3, 0.4) is 0 Å². The van der Waals surface area contributed by atoms with Crippen LogP contribution in [0.25, 0.3) is 4.85 Å². The highest BCUT2D eigenvalue weighted by molar-refractivity contribution is 9.10. The predicted octanol–water partition coefficient (Wildman–Crippen LogP) is 8.87. The Morgan fingerprint density at radius 3 is 2.10 bits per heavy atom. The van der Waals surface area contributed by atoms with E-state index < -0.39 is 50.6 Å². The minimum Gasteiger partial charge on any atom is -0.494 e. The van der Waals surface area contributed by atoms with Gasteiger partial charge in [-0.05, 0) is 47.1 Å². The quantitative estimate of drug-likeness (QED) is 0.200. The topological polar surface area (TPSA) is 63.0 Å². The van der Waals surface area contributed by atoms with Crippen molar-refractivity contribution in [2.45, 2.75) is 24.9 Å². The zero-order chi connectivity index (χ0) is 31.6. The van der Waals surface area contributed by atoms with Gasteiger partial charge in [-0.25, -0.2) is 9.24 Å². The van der Waals surface area contributed by atoms with Crippen molar-refractivity contribution < 1.29 is 45.1 Å². The van der Waals surface area contributed by atoms with Gasteiger partial charge in [0.25, 0.3) is 11.8 Å². The second-order valence-electron chi connectivity index (χ2n) is 8.49. The Kier molecular flexibility index (Phi) is 9.48. The van der Waals surface area contributed by atoms with E-state index >= 15 is 0 Å². The number of nitrogens with one attached hydrogen (secondary N) is 1. The number of methoxy groups -OCH3 is 1. The molecule has 42 heavy (non-hydrogen) atoms. The third kappa shape index (κ3) is 6.03. The molecule has 0 saturated carbocycles. The molecule has 0 aliphatic rings. The van der Waals surface area contributed by atoms with Gasteiger partial charge in [-0.3, -0.25) is 9.59 Å². The van der Waals surface area contributed by atoms with Gasteiger partial charge in [0, 0.05) is 22.1 Å². The van der Waals surface area contributed by atoms with E-state index in [1.807, 2.05) is 0 Å². The number of hydrogen-bond donors (Lipinski definition) is 1. The van der Waals surface area contributed by atoms with Gasteiger partial charge in [-0.15, -0.1) is 0 Å². The fourth-order valence-electron chi connectivity index (χ4n) is 3.95. The first kappa shape index (κ1) is 32.7. The second-order valence-corrected chi connectivity index (χ2v) is 9.75. The number of carbonyl (C=O) groups excluding carboxylic acids is 2. The van der Waals surface area contributed by atoms with E-state index in [2.05, 4.69) is 26.1 Å². The summed E-state index contributed by atoms with van der Waals surface area (Å²) < 4.78 is 98.7. The first-order valence-corrected chi connectivity index (χ1v) is 12.8. The van der Waals surface area contributed by atoms with Crippen LogP contribution in [0.4, 0.5) is 47.8 Å². The van der Waals surface area contributed by atoms with Crippen LogP contribution in [0, 0.1) is 6.57 Å². The molecule has 0 saturated heterocycles. The normalized spacial score (nSPS) is 12.0. The van der Waals surface area contributed by atoms with Crippen molar-refractivity contribution >= 4 is 56.4 Å². The molecule has 3 aromatic carbocycles. The molecule has 0 aliphatic heterocycles. The number of rotatable bonds is 7. The molecule has 0 bridgehead atoms. The summed E-state index contributed by atoms with van der Waals surface area (Å²) >= 11 is 8.69. The fraction of sp³-hybridized carbons (Fsp3) is 0.222. The molecule has 3 aromatic rings. The Labute approximate surface area is 248 Å². The van der Waals surface area contributed by atoms with Gasteiger partial charge in [0.1, 0.15) is 0 Å². The maximum atomic E-state index is 14.6. The van der Waals surface area contributed by atoms with Crippen molar-refractivity contribution in [1.29, 1.82) is 0 Å². The smallest absolute Gasteiger partial charge is 0.435 e. The lowest BCUT2D eigenvalue weighted by Crippen LogP contribution is -2.50. The van der Waals surface area contributed by atoms with E-state index in [9.17, 15) is 40.3 Å². The van der Waals surface area contributed by atoms with Crippen LogP contribution in [-0.4, -0.2) is 37.8 Å². The molecule has 0 unspecified atom stereocenters. The van der Waals surface area contributed by atoms with Gasteiger partial charge in [-0.1, -0.05) is 41.9 Å². The minimum atomic E-state index is -6.37. The summed E-state index contributed by atoms with van der Waals surface area (Å²) in [6, 6.07) is 10.3. The monoisotopic (exact) mass is 679 g/mol. The Morgan fingerprint density at radius 2 is 1.62 bits per heavy atom. The molecule has 0 aromatic heterocycles. The van der Waals surface area contributed by atoms with Gasteiger partial charge in [-0.2, -0.15) is 26.3 Å². The standard InChI is InChI=1S/C27H18BrClF7N3O3/c1-4-39(24(41)14-8-10-16(37-2)11-9-14)20-7-5-6-17(22(20)42-3)23(40)38-21-18(28)12-15(13-19(21)29)25(30,26(31,32)33)27(34,35)36/h5-13H,4H2,1,3H3,(H,38,40). The van der Waals surface area contributed by atoms with Crippen LogP contribution in [-0.2, 0) is 5.67 Å². The molecular formula is C27H18BrClF7N3O3. The number of carbonyl (C=O) groups is 2. The lowest BCUT2D eigenvalue weighted by atomic mass is 9.94. The fourth-order valence-corrected chi connectivity index (χ4v) is 4.89. The van der Waals surface area contributed by atoms with Crippen molar-refractivity contribution in [2.75, 3.05) is 23.9 Å². The first-order chi connectivity index (χ1) is 19.5. The molecule has 0 aliphatic carbocycles. The first-order valence-electron chi connectivity index (χ1n) is 11.6. The van der Waals surface area contributed by atoms with Gasteiger partial charge >= 0.3 is 18.0 Å². The van der Waals surface area contributed by atoms with Crippen LogP contribution < -0.4 is 15.0 Å². The van der Waals surface area contributed by atoms with Crippen molar-refractivity contribution in [3.63, 3.8) is 0 Å². The summed E-state index contributed by atoms with van der Waals surface area (Å²) in [7, 11) is 1.21. The molecule has 0 spiro atoms. The number of para-hydroxylation sites is 1. The molecule has 15 heteroatoms. The van der Waals surface area contributed by atoms with Crippen molar-refractivity contribution in [3.8, 4) is 5.75 Å². The summed E-state index contributed by atoms with van der Waals surface area (Å²) in [4.78, 5) is 31.0. The van der Waals surface area contributed by atoms with E-state index in [0.717, 1.165) is 0 Å². The summed E-state index contributed by atoms with van der Waals surface area (Å²) in [6.45, 7) is 8.82. The molecule has 0 radical (unpaired) electrons. The van der Waals surface area contributed by atoms with Crippen molar-refractivity contribution in [2.24, 2.45) is 0 Å². The highest BCUT2D eigenvalue weighted by atomic mass is 79.9. The van der Waals surface area contributed by atoms with Gasteiger partial charge < -0.3 is 15.0 Å². The second kappa shape index (κ2) is 12.2. The van der Waals surface area contributed by atoms with Crippen molar-refractivity contribution in [3.05, 3.63) is 92.2 Å². The lowest BCUT2D eigenvalue weighted by Gasteiger charge is -2.30. The lowest BCUT2D eigenvalue weighted by molar-refractivity contribution is -0.348. The summed E-state index contributed by atoms with van der Waals surface area (Å²) in [5.74, 6) is -1.55. The number of hydrogen-bond acceptors (Lipinski definition) is 3. The molecule has 6 nitrogen and oxygen atoms in total. The molecule has 0 atom stereocenters. The molecule has 1 N–H and O–H groups in total. The highest BCUT2D eigenvalue weighted by Crippen LogP contribution is 2.54. The number of halogens is 9. The third-order valence-corrected chi connectivity index (χ3v) is 6.92. The average Bonchev–Trinajstić information content (AvgIpc) is 2.93. The highest BCUT2D eigenvalue weighted by Gasteiger charge is 2.73. The number of anilines is 2. The van der Waals surface area contributed by atoms with E-state index in [-0.39, 0.29) is 41.2 Å². The van der Waals surface area contributed by atoms with Crippen LogP contribution in [0.1, 0.15) is 33.2 Å². The van der Waals surface area contributed by atoms with Gasteiger partial charge in [0.15, 0.2) is 11.4 Å². The third-order valence-electron chi connectivity index (χ3n) is 6.00. The minimum absolute atomic E-state index is 0.0937. The number of amides is 2. The summed E-state index contributed by atoms with van der Waals surface area (Å²) in [6.07, 6.45) is -12.7. The molecule has 2 amide bonds. The predicted molar refractivity (Wildman–Crippen MR) is 145 cm³/mol. The Balaban J connectivity index is 2.01. The number of benzene rings is 3. The zero-order valence-corrected chi connectivity index (χ0v) is 23.8. The van der Waals surface area contributed by atoms with E-state index in [1.54, 1.807) is 6.92 Å². The molecule has 0 heterocycles. The largest absolute Gasteiger partial charge is 0.494 e. The summed E-state index contributed by atoms with van der Waals surface area (Å²) in [5.41, 5.74) is -7.51. The van der Waals surface area contributed by atoms with E-state index in [0.29, 0.717) is 5.69 Å². The Bertz CT molecular complexity index is 1520. The van der Waals surface area contributed by atoms with Crippen LogP contribution in [0.5, 0.6) is 5.75 Å². The van der Waals surface area contributed by atoms with Gasteiger partial charge in [0.05, 0.1) is 35.6 Å². The molecule has 222 valence electrons. The maximum Gasteiger partial charge on any atom is 0.435 e. The van der Waals surface area contributed by atoms with Crippen LogP contribution >= 0.6 is 27.5 Å². The van der Waals surface area contributed by atoms with Gasteiger partial charge in [0.2, 0.25) is 0 Å². The maximum absolute atomic E-state index is 14.6. The zero-order valence-electron chi connectivity index (χ0n) is 21.4. The average molecular weight is 681 g/mol. The Morgan fingerprint density at radius 1 is 1.02 bits per heavy atom. The SMILES string of the molecule is [C-]#[N+]c1ccc(C(=O)N(CC)c2cccc(C(=O)Nc3c(Cl)cc(C(F)(C(F)(F)F)C(F)(F)F)cc3Br)c2OC)cc1. The number of alkyl halides is 7. The Hall–Kier alpha value is -3.83. The summed E-state index contributed by atoms with van der Waals surface area (Å²) in [5, 5.41) is 1.44. The van der Waals surface area contributed by atoms with E-state index in [4.69, 9.17) is 22.9 Å². The van der Waals surface area contributed by atoms with E-state index in [1.165, 1.54) is 54.5 Å². The van der Waals surface area contributed by atoms with Crippen molar-refractivity contribution in [1.82, 2.24) is 0 Å². The molecule has 3 rings (SSSR count). The number of ether oxygens (including phenoxy) is 1. The number of nitrogens with zero attached hydrogens (tertiary/aromatic N) is 2. The molecular weight excluding hydrogens is 663 g/mol. The molecule has 0 fully saturated rings. The van der Waals surface area contributed by atoms with Crippen LogP contribution in [0.2, 0.25) is 5.02 Å².